The zero-order valence-corrected chi connectivity index (χ0v) is 14.1. The fraction of sp³-hybridized carbons (Fsp3) is 0.350. The third kappa shape index (κ3) is 3.02. The van der Waals surface area contributed by atoms with Gasteiger partial charge in [0.2, 0.25) is 5.91 Å². The first-order chi connectivity index (χ1) is 12.2. The van der Waals surface area contributed by atoms with Gasteiger partial charge in [0.25, 0.3) is 5.91 Å². The Morgan fingerprint density at radius 3 is 2.48 bits per heavy atom. The fourth-order valence-electron chi connectivity index (χ4n) is 3.76. The molecule has 0 aliphatic carbocycles. The smallest absolute Gasteiger partial charge is 0.256 e. The largest absolute Gasteiger partial charge is 0.341 e. The van der Waals surface area contributed by atoms with E-state index in [4.69, 9.17) is 0 Å². The maximum Gasteiger partial charge on any atom is 0.256 e. The lowest BCUT2D eigenvalue weighted by molar-refractivity contribution is -0.135. The Labute approximate surface area is 147 Å². The number of pyridine rings is 1. The number of amides is 2. The topological polar surface area (TPSA) is 53.5 Å². The Balaban J connectivity index is 1.68. The fourth-order valence-corrected chi connectivity index (χ4v) is 3.76. The van der Waals surface area contributed by atoms with E-state index in [1.54, 1.807) is 29.4 Å². The first-order valence-corrected chi connectivity index (χ1v) is 8.80. The van der Waals surface area contributed by atoms with Gasteiger partial charge in [-0.3, -0.25) is 14.6 Å². The summed E-state index contributed by atoms with van der Waals surface area (Å²) in [5.74, 6) is -0.0515. The van der Waals surface area contributed by atoms with Crippen LogP contribution in [0.4, 0.5) is 0 Å². The zero-order chi connectivity index (χ0) is 17.2. The maximum atomic E-state index is 13.1. The highest BCUT2D eigenvalue weighted by Gasteiger charge is 2.37. The van der Waals surface area contributed by atoms with Gasteiger partial charge in [0, 0.05) is 38.4 Å². The summed E-state index contributed by atoms with van der Waals surface area (Å²) in [5.41, 5.74) is 2.81. The normalized spacial score (nSPS) is 19.6. The van der Waals surface area contributed by atoms with E-state index in [1.165, 1.54) is 0 Å². The minimum atomic E-state index is -0.430. The molecule has 2 aliphatic rings. The van der Waals surface area contributed by atoms with Crippen LogP contribution < -0.4 is 0 Å². The van der Waals surface area contributed by atoms with Crippen molar-refractivity contribution in [1.29, 1.82) is 0 Å². The molecule has 3 heterocycles. The number of aromatic nitrogens is 1. The van der Waals surface area contributed by atoms with Crippen LogP contribution in [0, 0.1) is 0 Å². The number of likely N-dealkylation sites (tertiary alicyclic amines) is 1. The number of fused-ring (bicyclic) bond motifs is 1. The summed E-state index contributed by atoms with van der Waals surface area (Å²) in [4.78, 5) is 33.8. The molecule has 0 bridgehead atoms. The van der Waals surface area contributed by atoms with Gasteiger partial charge in [0.1, 0.15) is 6.04 Å². The Morgan fingerprint density at radius 1 is 1.00 bits per heavy atom. The van der Waals surface area contributed by atoms with Gasteiger partial charge in [0.15, 0.2) is 0 Å². The summed E-state index contributed by atoms with van der Waals surface area (Å²) < 4.78 is 0. The van der Waals surface area contributed by atoms with Crippen LogP contribution in [0.1, 0.15) is 34.3 Å². The lowest BCUT2D eigenvalue weighted by Gasteiger charge is -2.37. The molecular weight excluding hydrogens is 314 g/mol. The molecule has 128 valence electrons. The van der Waals surface area contributed by atoms with Crippen molar-refractivity contribution in [3.05, 3.63) is 65.5 Å². The van der Waals surface area contributed by atoms with E-state index in [1.807, 2.05) is 23.1 Å². The van der Waals surface area contributed by atoms with E-state index in [0.29, 0.717) is 18.5 Å². The van der Waals surface area contributed by atoms with Crippen molar-refractivity contribution in [3.63, 3.8) is 0 Å². The predicted molar refractivity (Wildman–Crippen MR) is 93.9 cm³/mol. The number of rotatable bonds is 2. The van der Waals surface area contributed by atoms with Gasteiger partial charge in [-0.1, -0.05) is 24.3 Å². The van der Waals surface area contributed by atoms with Gasteiger partial charge in [-0.25, -0.2) is 0 Å². The standard InChI is InChI=1S/C20H21N3O2/c24-19(16-8-5-9-21-13-16)23-14-17-7-2-1-6-15(17)12-18(23)20(25)22-10-3-4-11-22/h1-2,5-9,13,18H,3-4,10-12,14H2. The SMILES string of the molecule is O=C(C1Cc2ccccc2CN1C(=O)c1cccnc1)N1CCCC1. The van der Waals surface area contributed by atoms with Gasteiger partial charge < -0.3 is 9.80 Å². The monoisotopic (exact) mass is 335 g/mol. The molecule has 4 rings (SSSR count). The second-order valence-electron chi connectivity index (χ2n) is 6.70. The molecule has 1 aromatic carbocycles. The second-order valence-corrected chi connectivity index (χ2v) is 6.70. The van der Waals surface area contributed by atoms with Crippen molar-refractivity contribution < 1.29 is 9.59 Å². The van der Waals surface area contributed by atoms with Crippen LogP contribution in [0.5, 0.6) is 0 Å². The number of carbonyl (C=O) groups is 2. The summed E-state index contributed by atoms with van der Waals surface area (Å²) in [5, 5.41) is 0. The van der Waals surface area contributed by atoms with Crippen molar-refractivity contribution in [2.45, 2.75) is 31.8 Å². The molecule has 0 radical (unpaired) electrons. The lowest BCUT2D eigenvalue weighted by Crippen LogP contribution is -2.53. The average Bonchev–Trinajstić information content (AvgIpc) is 3.21. The number of benzene rings is 1. The Bertz CT molecular complexity index is 785. The summed E-state index contributed by atoms with van der Waals surface area (Å²) in [6, 6.07) is 11.2. The van der Waals surface area contributed by atoms with Crippen molar-refractivity contribution in [1.82, 2.24) is 14.8 Å². The minimum absolute atomic E-state index is 0.0734. The molecule has 0 spiro atoms. The molecular formula is C20H21N3O2. The molecule has 2 amide bonds. The van der Waals surface area contributed by atoms with Crippen LogP contribution in [0.2, 0.25) is 0 Å². The van der Waals surface area contributed by atoms with Crippen LogP contribution >= 0.6 is 0 Å². The lowest BCUT2D eigenvalue weighted by atomic mass is 9.92. The van der Waals surface area contributed by atoms with Crippen molar-refractivity contribution in [2.75, 3.05) is 13.1 Å². The number of hydrogen-bond donors (Lipinski definition) is 0. The number of hydrogen-bond acceptors (Lipinski definition) is 3. The third-order valence-corrected chi connectivity index (χ3v) is 5.12. The Kier molecular flexibility index (Phi) is 4.22. The molecule has 1 aromatic heterocycles. The summed E-state index contributed by atoms with van der Waals surface area (Å²) in [6.07, 6.45) is 5.89. The molecule has 0 saturated carbocycles. The van der Waals surface area contributed by atoms with Crippen LogP contribution in [0.3, 0.4) is 0 Å². The first-order valence-electron chi connectivity index (χ1n) is 8.80. The van der Waals surface area contributed by atoms with Crippen LogP contribution in [-0.2, 0) is 17.8 Å². The third-order valence-electron chi connectivity index (χ3n) is 5.12. The van der Waals surface area contributed by atoms with Crippen LogP contribution in [0.15, 0.2) is 48.8 Å². The van der Waals surface area contributed by atoms with E-state index in [2.05, 4.69) is 11.1 Å². The van der Waals surface area contributed by atoms with E-state index in [-0.39, 0.29) is 11.8 Å². The predicted octanol–water partition coefficient (Wildman–Crippen LogP) is 2.27. The van der Waals surface area contributed by atoms with E-state index < -0.39 is 6.04 Å². The molecule has 2 aromatic rings. The van der Waals surface area contributed by atoms with Crippen molar-refractivity contribution in [3.8, 4) is 0 Å². The van der Waals surface area contributed by atoms with Crippen molar-refractivity contribution in [2.24, 2.45) is 0 Å². The van der Waals surface area contributed by atoms with E-state index in [9.17, 15) is 9.59 Å². The highest BCUT2D eigenvalue weighted by Crippen LogP contribution is 2.27. The molecule has 1 saturated heterocycles. The van der Waals surface area contributed by atoms with Gasteiger partial charge in [-0.15, -0.1) is 0 Å². The Morgan fingerprint density at radius 2 is 1.76 bits per heavy atom. The quantitative estimate of drug-likeness (QED) is 0.846. The molecule has 2 aliphatic heterocycles. The van der Waals surface area contributed by atoms with Gasteiger partial charge in [-0.2, -0.15) is 0 Å². The summed E-state index contributed by atoms with van der Waals surface area (Å²) in [7, 11) is 0. The maximum absolute atomic E-state index is 13.1. The van der Waals surface area contributed by atoms with E-state index >= 15 is 0 Å². The number of nitrogens with zero attached hydrogens (tertiary/aromatic N) is 3. The highest BCUT2D eigenvalue weighted by molar-refractivity contribution is 5.97. The molecule has 1 unspecified atom stereocenters. The summed E-state index contributed by atoms with van der Waals surface area (Å²) >= 11 is 0. The Hall–Kier alpha value is -2.69. The molecule has 5 nitrogen and oxygen atoms in total. The average molecular weight is 335 g/mol. The molecule has 1 atom stereocenters. The first kappa shape index (κ1) is 15.8. The zero-order valence-electron chi connectivity index (χ0n) is 14.1. The molecule has 0 N–H and O–H groups in total. The molecule has 25 heavy (non-hydrogen) atoms. The highest BCUT2D eigenvalue weighted by atomic mass is 16.2. The molecule has 5 heteroatoms. The molecule has 1 fully saturated rings. The van der Waals surface area contributed by atoms with Gasteiger partial charge >= 0.3 is 0 Å². The van der Waals surface area contributed by atoms with Gasteiger partial charge in [0.05, 0.1) is 5.56 Å². The summed E-state index contributed by atoms with van der Waals surface area (Å²) in [6.45, 7) is 2.06. The second kappa shape index (κ2) is 6.67. The van der Waals surface area contributed by atoms with Crippen molar-refractivity contribution >= 4 is 11.8 Å². The van der Waals surface area contributed by atoms with Crippen LogP contribution in [0.25, 0.3) is 0 Å². The number of carbonyl (C=O) groups excluding carboxylic acids is 2. The van der Waals surface area contributed by atoms with Gasteiger partial charge in [-0.05, 0) is 36.1 Å². The van der Waals surface area contributed by atoms with E-state index in [0.717, 1.165) is 37.1 Å². The minimum Gasteiger partial charge on any atom is -0.341 e. The van der Waals surface area contributed by atoms with Crippen LogP contribution in [-0.4, -0.2) is 45.7 Å².